The highest BCUT2D eigenvalue weighted by Crippen LogP contribution is 2.18. The fraction of sp³-hybridized carbons (Fsp3) is 0.818. The van der Waals surface area contributed by atoms with Crippen molar-refractivity contribution < 1.29 is 9.59 Å². The lowest BCUT2D eigenvalue weighted by atomic mass is 10.0. The van der Waals surface area contributed by atoms with Crippen LogP contribution in [0.3, 0.4) is 0 Å². The van der Waals surface area contributed by atoms with Gasteiger partial charge in [-0.2, -0.15) is 0 Å². The summed E-state index contributed by atoms with van der Waals surface area (Å²) in [5.41, 5.74) is 5.60. The zero-order valence-electron chi connectivity index (χ0n) is 9.95. The first kappa shape index (κ1) is 13.0. The van der Waals surface area contributed by atoms with Crippen molar-refractivity contribution in [2.75, 3.05) is 6.54 Å². The standard InChI is InChI=1S/C11H21N3O2/c1-7(8(2)12)11(16)13-6-5-10(15)14-9-3-4-9/h7-9H,3-6,12H2,1-2H3,(H,13,16)(H,14,15). The van der Waals surface area contributed by atoms with Crippen LogP contribution in [0.15, 0.2) is 0 Å². The van der Waals surface area contributed by atoms with E-state index in [0.29, 0.717) is 19.0 Å². The Hall–Kier alpha value is -1.10. The zero-order valence-corrected chi connectivity index (χ0v) is 9.95. The summed E-state index contributed by atoms with van der Waals surface area (Å²) >= 11 is 0. The smallest absolute Gasteiger partial charge is 0.224 e. The topological polar surface area (TPSA) is 84.2 Å². The van der Waals surface area contributed by atoms with Gasteiger partial charge in [0, 0.05) is 31.0 Å². The SMILES string of the molecule is CC(N)C(C)C(=O)NCCC(=O)NC1CC1. The third kappa shape index (κ3) is 4.61. The molecule has 0 aromatic carbocycles. The number of nitrogens with two attached hydrogens (primary N) is 1. The van der Waals surface area contributed by atoms with E-state index in [9.17, 15) is 9.59 Å². The minimum Gasteiger partial charge on any atom is -0.355 e. The van der Waals surface area contributed by atoms with Gasteiger partial charge in [-0.1, -0.05) is 6.92 Å². The fourth-order valence-electron chi connectivity index (χ4n) is 1.23. The third-order valence-corrected chi connectivity index (χ3v) is 2.80. The lowest BCUT2D eigenvalue weighted by Crippen LogP contribution is -2.40. The lowest BCUT2D eigenvalue weighted by Gasteiger charge is -2.15. The average Bonchev–Trinajstić information content (AvgIpc) is 3.00. The number of hydrogen-bond donors (Lipinski definition) is 3. The second-order valence-electron chi connectivity index (χ2n) is 4.53. The molecule has 5 heteroatoms. The van der Waals surface area contributed by atoms with Crippen molar-refractivity contribution in [3.8, 4) is 0 Å². The molecule has 4 N–H and O–H groups in total. The number of hydrogen-bond acceptors (Lipinski definition) is 3. The molecule has 1 saturated carbocycles. The lowest BCUT2D eigenvalue weighted by molar-refractivity contribution is -0.125. The summed E-state index contributed by atoms with van der Waals surface area (Å²) < 4.78 is 0. The monoisotopic (exact) mass is 227 g/mol. The Balaban J connectivity index is 2.09. The highest BCUT2D eigenvalue weighted by molar-refractivity contribution is 5.80. The van der Waals surface area contributed by atoms with Gasteiger partial charge < -0.3 is 16.4 Å². The molecule has 1 aliphatic rings. The van der Waals surface area contributed by atoms with Gasteiger partial charge in [-0.05, 0) is 19.8 Å². The van der Waals surface area contributed by atoms with Crippen molar-refractivity contribution in [2.24, 2.45) is 11.7 Å². The maximum absolute atomic E-state index is 11.5. The molecule has 0 radical (unpaired) electrons. The highest BCUT2D eigenvalue weighted by atomic mass is 16.2. The van der Waals surface area contributed by atoms with E-state index >= 15 is 0 Å². The highest BCUT2D eigenvalue weighted by Gasteiger charge is 2.23. The Labute approximate surface area is 96.1 Å². The molecule has 0 spiro atoms. The van der Waals surface area contributed by atoms with E-state index in [-0.39, 0.29) is 23.8 Å². The first-order valence-electron chi connectivity index (χ1n) is 5.83. The molecule has 2 atom stereocenters. The number of nitrogens with one attached hydrogen (secondary N) is 2. The minimum absolute atomic E-state index is 0.0104. The normalized spacial score (nSPS) is 18.7. The van der Waals surface area contributed by atoms with Gasteiger partial charge >= 0.3 is 0 Å². The number of amides is 2. The molecule has 0 aromatic heterocycles. The summed E-state index contributed by atoms with van der Waals surface area (Å²) in [6, 6.07) is 0.214. The van der Waals surface area contributed by atoms with E-state index in [1.165, 1.54) is 0 Å². The quantitative estimate of drug-likeness (QED) is 0.585. The third-order valence-electron chi connectivity index (χ3n) is 2.80. The van der Waals surface area contributed by atoms with E-state index in [1.807, 2.05) is 0 Å². The van der Waals surface area contributed by atoms with Gasteiger partial charge in [-0.3, -0.25) is 9.59 Å². The van der Waals surface area contributed by atoms with Gasteiger partial charge in [0.1, 0.15) is 0 Å². The van der Waals surface area contributed by atoms with E-state index in [1.54, 1.807) is 13.8 Å². The molecule has 0 heterocycles. The Morgan fingerprint density at radius 3 is 2.50 bits per heavy atom. The van der Waals surface area contributed by atoms with E-state index in [4.69, 9.17) is 5.73 Å². The zero-order chi connectivity index (χ0) is 12.1. The van der Waals surface area contributed by atoms with Crippen LogP contribution in [0.1, 0.15) is 33.1 Å². The van der Waals surface area contributed by atoms with Crippen LogP contribution in [0.25, 0.3) is 0 Å². The number of carbonyl (C=O) groups excluding carboxylic acids is 2. The van der Waals surface area contributed by atoms with Crippen LogP contribution >= 0.6 is 0 Å². The average molecular weight is 227 g/mol. The van der Waals surface area contributed by atoms with Gasteiger partial charge in [0.2, 0.25) is 11.8 Å². The molecule has 16 heavy (non-hydrogen) atoms. The molecule has 2 unspecified atom stereocenters. The predicted molar refractivity (Wildman–Crippen MR) is 61.6 cm³/mol. The first-order chi connectivity index (χ1) is 7.50. The summed E-state index contributed by atoms with van der Waals surface area (Å²) in [4.78, 5) is 22.8. The van der Waals surface area contributed by atoms with Crippen molar-refractivity contribution >= 4 is 11.8 Å². The van der Waals surface area contributed by atoms with Gasteiger partial charge in [0.05, 0.1) is 0 Å². The van der Waals surface area contributed by atoms with Gasteiger partial charge in [0.25, 0.3) is 0 Å². The van der Waals surface area contributed by atoms with E-state index in [2.05, 4.69) is 10.6 Å². The predicted octanol–water partition coefficient (Wildman–Crippen LogP) is -0.245. The Morgan fingerprint density at radius 2 is 2.00 bits per heavy atom. The fourth-order valence-corrected chi connectivity index (χ4v) is 1.23. The van der Waals surface area contributed by atoms with Crippen molar-refractivity contribution in [1.82, 2.24) is 10.6 Å². The maximum atomic E-state index is 11.5. The van der Waals surface area contributed by atoms with Crippen molar-refractivity contribution in [3.05, 3.63) is 0 Å². The van der Waals surface area contributed by atoms with Crippen LogP contribution in [0.4, 0.5) is 0 Å². The summed E-state index contributed by atoms with van der Waals surface area (Å²) in [7, 11) is 0. The van der Waals surface area contributed by atoms with Gasteiger partial charge in [-0.15, -0.1) is 0 Å². The van der Waals surface area contributed by atoms with Crippen LogP contribution < -0.4 is 16.4 Å². The number of carbonyl (C=O) groups is 2. The molecule has 5 nitrogen and oxygen atoms in total. The van der Waals surface area contributed by atoms with Crippen molar-refractivity contribution in [1.29, 1.82) is 0 Å². The molecule has 1 aliphatic carbocycles. The second-order valence-corrected chi connectivity index (χ2v) is 4.53. The summed E-state index contributed by atoms with van der Waals surface area (Å²) in [6.45, 7) is 3.96. The molecular weight excluding hydrogens is 206 g/mol. The van der Waals surface area contributed by atoms with Crippen LogP contribution in [-0.2, 0) is 9.59 Å². The Bertz CT molecular complexity index is 262. The van der Waals surface area contributed by atoms with Gasteiger partial charge in [-0.25, -0.2) is 0 Å². The Morgan fingerprint density at radius 1 is 1.38 bits per heavy atom. The van der Waals surface area contributed by atoms with E-state index < -0.39 is 0 Å². The van der Waals surface area contributed by atoms with Crippen LogP contribution in [0.2, 0.25) is 0 Å². The molecule has 0 bridgehead atoms. The first-order valence-corrected chi connectivity index (χ1v) is 5.83. The second kappa shape index (κ2) is 5.84. The van der Waals surface area contributed by atoms with Crippen molar-refractivity contribution in [3.63, 3.8) is 0 Å². The number of rotatable bonds is 6. The maximum Gasteiger partial charge on any atom is 0.224 e. The molecule has 92 valence electrons. The summed E-state index contributed by atoms with van der Waals surface area (Å²) in [5, 5.41) is 5.57. The molecule has 0 aliphatic heterocycles. The summed E-state index contributed by atoms with van der Waals surface area (Å²) in [5.74, 6) is -0.294. The molecule has 1 fully saturated rings. The minimum atomic E-state index is -0.216. The summed E-state index contributed by atoms with van der Waals surface area (Å²) in [6.07, 6.45) is 2.51. The van der Waals surface area contributed by atoms with Crippen LogP contribution in [-0.4, -0.2) is 30.4 Å². The Kier molecular flexibility index (Phi) is 4.73. The van der Waals surface area contributed by atoms with Gasteiger partial charge in [0.15, 0.2) is 0 Å². The van der Waals surface area contributed by atoms with Crippen LogP contribution in [0.5, 0.6) is 0 Å². The molecule has 0 aromatic rings. The largest absolute Gasteiger partial charge is 0.355 e. The molecule has 0 saturated heterocycles. The van der Waals surface area contributed by atoms with Crippen LogP contribution in [0, 0.1) is 5.92 Å². The molecule has 2 amide bonds. The molecule has 1 rings (SSSR count). The van der Waals surface area contributed by atoms with Crippen molar-refractivity contribution in [2.45, 2.75) is 45.2 Å². The molecular formula is C11H21N3O2. The van der Waals surface area contributed by atoms with E-state index in [0.717, 1.165) is 12.8 Å².